The normalized spacial score (nSPS) is 22.9. The molecule has 0 aromatic carbocycles. The highest BCUT2D eigenvalue weighted by Crippen LogP contribution is 2.17. The number of halogens is 2. The molecular formula is C9H18F2N2O2S. The first-order valence-corrected chi connectivity index (χ1v) is 6.96. The molecule has 0 bridgehead atoms. The monoisotopic (exact) mass is 256 g/mol. The summed E-state index contributed by atoms with van der Waals surface area (Å²) < 4.78 is 48.2. The van der Waals surface area contributed by atoms with Crippen LogP contribution < -0.4 is 5.32 Å². The van der Waals surface area contributed by atoms with Crippen LogP contribution >= 0.6 is 0 Å². The van der Waals surface area contributed by atoms with Gasteiger partial charge in [0.05, 0.1) is 0 Å². The van der Waals surface area contributed by atoms with Gasteiger partial charge in [-0.05, 0) is 31.8 Å². The number of nitrogens with zero attached hydrogens (tertiary/aromatic N) is 1. The van der Waals surface area contributed by atoms with E-state index >= 15 is 0 Å². The molecule has 1 heterocycles. The smallest absolute Gasteiger partial charge is 0.316 e. The zero-order valence-electron chi connectivity index (χ0n) is 9.33. The zero-order chi connectivity index (χ0) is 12.2. The van der Waals surface area contributed by atoms with E-state index < -0.39 is 15.8 Å². The Morgan fingerprint density at radius 2 is 2.19 bits per heavy atom. The van der Waals surface area contributed by atoms with E-state index in [0.29, 0.717) is 6.54 Å². The van der Waals surface area contributed by atoms with Crippen molar-refractivity contribution in [1.82, 2.24) is 9.62 Å². The van der Waals surface area contributed by atoms with Crippen LogP contribution in [0, 0.1) is 5.92 Å². The van der Waals surface area contributed by atoms with E-state index in [1.807, 2.05) is 0 Å². The van der Waals surface area contributed by atoms with Gasteiger partial charge in [-0.25, -0.2) is 8.42 Å². The highest BCUT2D eigenvalue weighted by Gasteiger charge is 2.32. The van der Waals surface area contributed by atoms with Crippen molar-refractivity contribution in [3.05, 3.63) is 0 Å². The van der Waals surface area contributed by atoms with Gasteiger partial charge in [-0.2, -0.15) is 13.1 Å². The fourth-order valence-corrected chi connectivity index (χ4v) is 2.90. The largest absolute Gasteiger partial charge is 0.350 e. The number of rotatable bonds is 5. The molecule has 1 rings (SSSR count). The van der Waals surface area contributed by atoms with E-state index in [4.69, 9.17) is 0 Å². The molecule has 0 amide bonds. The number of hydrogen-bond acceptors (Lipinski definition) is 3. The Balaban J connectivity index is 2.60. The average Bonchev–Trinajstić information content (AvgIpc) is 2.26. The maximum Gasteiger partial charge on any atom is 0.350 e. The molecule has 0 radical (unpaired) electrons. The number of nitrogens with one attached hydrogen (secondary N) is 1. The maximum absolute atomic E-state index is 12.4. The standard InChI is InChI=1S/C9H18F2N2O2S/c1-2-13(16(14,15)9(10)11)7-8-4-3-5-12-6-8/h8-9,12H,2-7H2,1H3. The lowest BCUT2D eigenvalue weighted by molar-refractivity contribution is 0.212. The summed E-state index contributed by atoms with van der Waals surface area (Å²) in [5.74, 6) is -3.17. The maximum atomic E-state index is 12.4. The SMILES string of the molecule is CCN(CC1CCCNC1)S(=O)(=O)C(F)F. The molecule has 1 fully saturated rings. The molecule has 1 aliphatic heterocycles. The van der Waals surface area contributed by atoms with Crippen molar-refractivity contribution in [2.45, 2.75) is 25.5 Å². The fourth-order valence-electron chi connectivity index (χ4n) is 1.89. The Morgan fingerprint density at radius 1 is 1.50 bits per heavy atom. The molecule has 0 aromatic rings. The van der Waals surface area contributed by atoms with Gasteiger partial charge in [-0.15, -0.1) is 0 Å². The average molecular weight is 256 g/mol. The molecule has 96 valence electrons. The first-order valence-electron chi connectivity index (χ1n) is 5.46. The summed E-state index contributed by atoms with van der Waals surface area (Å²) in [6.45, 7) is 3.50. The number of alkyl halides is 2. The van der Waals surface area contributed by atoms with Crippen molar-refractivity contribution in [2.24, 2.45) is 5.92 Å². The van der Waals surface area contributed by atoms with Gasteiger partial charge in [0.25, 0.3) is 10.0 Å². The van der Waals surface area contributed by atoms with Crippen LogP contribution in [0.3, 0.4) is 0 Å². The molecular weight excluding hydrogens is 238 g/mol. The Kier molecular flexibility index (Phi) is 5.07. The van der Waals surface area contributed by atoms with E-state index in [-0.39, 0.29) is 19.0 Å². The molecule has 4 nitrogen and oxygen atoms in total. The molecule has 0 aliphatic carbocycles. The van der Waals surface area contributed by atoms with Crippen LogP contribution in [0.2, 0.25) is 0 Å². The van der Waals surface area contributed by atoms with Crippen LogP contribution in [-0.4, -0.2) is 44.7 Å². The quantitative estimate of drug-likeness (QED) is 0.793. The summed E-state index contributed by atoms with van der Waals surface area (Å²) in [5, 5.41) is 3.14. The lowest BCUT2D eigenvalue weighted by Gasteiger charge is -2.28. The lowest BCUT2D eigenvalue weighted by Crippen LogP contribution is -2.42. The predicted molar refractivity (Wildman–Crippen MR) is 57.8 cm³/mol. The van der Waals surface area contributed by atoms with Crippen LogP contribution in [-0.2, 0) is 10.0 Å². The molecule has 16 heavy (non-hydrogen) atoms. The van der Waals surface area contributed by atoms with Gasteiger partial charge >= 0.3 is 5.76 Å². The minimum atomic E-state index is -4.42. The third kappa shape index (κ3) is 3.36. The molecule has 0 aromatic heterocycles. The topological polar surface area (TPSA) is 49.4 Å². The molecule has 7 heteroatoms. The van der Waals surface area contributed by atoms with Gasteiger partial charge in [0.15, 0.2) is 0 Å². The van der Waals surface area contributed by atoms with E-state index in [2.05, 4.69) is 5.32 Å². The van der Waals surface area contributed by atoms with Crippen LogP contribution in [0.25, 0.3) is 0 Å². The Morgan fingerprint density at radius 3 is 2.62 bits per heavy atom. The van der Waals surface area contributed by atoms with E-state index in [0.717, 1.165) is 23.7 Å². The van der Waals surface area contributed by atoms with Crippen LogP contribution in [0.15, 0.2) is 0 Å². The minimum absolute atomic E-state index is 0.100. The van der Waals surface area contributed by atoms with Gasteiger partial charge in [-0.3, -0.25) is 0 Å². The van der Waals surface area contributed by atoms with Gasteiger partial charge < -0.3 is 5.32 Å². The van der Waals surface area contributed by atoms with Crippen molar-refractivity contribution < 1.29 is 17.2 Å². The molecule has 1 saturated heterocycles. The third-order valence-electron chi connectivity index (χ3n) is 2.80. The summed E-state index contributed by atoms with van der Waals surface area (Å²) in [7, 11) is -4.42. The fraction of sp³-hybridized carbons (Fsp3) is 1.00. The minimum Gasteiger partial charge on any atom is -0.316 e. The van der Waals surface area contributed by atoms with E-state index in [1.54, 1.807) is 6.92 Å². The number of piperidine rings is 1. The Bertz CT molecular complexity index is 303. The summed E-state index contributed by atoms with van der Waals surface area (Å²) in [5.41, 5.74) is 0. The zero-order valence-corrected chi connectivity index (χ0v) is 10.1. The first kappa shape index (κ1) is 13.8. The molecule has 0 spiro atoms. The van der Waals surface area contributed by atoms with Crippen LogP contribution in [0.5, 0.6) is 0 Å². The van der Waals surface area contributed by atoms with Crippen molar-refractivity contribution in [2.75, 3.05) is 26.2 Å². The molecule has 0 saturated carbocycles. The van der Waals surface area contributed by atoms with E-state index in [9.17, 15) is 17.2 Å². The second-order valence-electron chi connectivity index (χ2n) is 3.97. The summed E-state index contributed by atoms with van der Waals surface area (Å²) >= 11 is 0. The highest BCUT2D eigenvalue weighted by molar-refractivity contribution is 7.89. The second-order valence-corrected chi connectivity index (χ2v) is 5.87. The van der Waals surface area contributed by atoms with Gasteiger partial charge in [0.1, 0.15) is 0 Å². The third-order valence-corrected chi connectivity index (χ3v) is 4.38. The van der Waals surface area contributed by atoms with Crippen molar-refractivity contribution in [3.8, 4) is 0 Å². The number of sulfonamides is 1. The molecule has 1 aliphatic rings. The van der Waals surface area contributed by atoms with Gasteiger partial charge in [0, 0.05) is 13.1 Å². The molecule has 1 atom stereocenters. The second kappa shape index (κ2) is 5.88. The predicted octanol–water partition coefficient (Wildman–Crippen LogP) is 0.860. The van der Waals surface area contributed by atoms with Gasteiger partial charge in [-0.1, -0.05) is 6.92 Å². The van der Waals surface area contributed by atoms with Gasteiger partial charge in [0.2, 0.25) is 0 Å². The van der Waals surface area contributed by atoms with E-state index in [1.165, 1.54) is 0 Å². The Hall–Kier alpha value is -0.270. The summed E-state index contributed by atoms with van der Waals surface area (Å²) in [6, 6.07) is 0. The van der Waals surface area contributed by atoms with Crippen molar-refractivity contribution >= 4 is 10.0 Å². The van der Waals surface area contributed by atoms with Crippen LogP contribution in [0.1, 0.15) is 19.8 Å². The molecule has 1 unspecified atom stereocenters. The number of hydrogen-bond donors (Lipinski definition) is 1. The van der Waals surface area contributed by atoms with Crippen LogP contribution in [0.4, 0.5) is 8.78 Å². The highest BCUT2D eigenvalue weighted by atomic mass is 32.2. The summed E-state index contributed by atoms with van der Waals surface area (Å²) in [4.78, 5) is 0. The van der Waals surface area contributed by atoms with Crippen molar-refractivity contribution in [3.63, 3.8) is 0 Å². The summed E-state index contributed by atoms with van der Waals surface area (Å²) in [6.07, 6.45) is 1.86. The first-order chi connectivity index (χ1) is 7.48. The van der Waals surface area contributed by atoms with Crippen molar-refractivity contribution in [1.29, 1.82) is 0 Å². The Labute approximate surface area is 95.1 Å². The lowest BCUT2D eigenvalue weighted by atomic mass is 10.00. The molecule has 1 N–H and O–H groups in total.